The molecule has 28 heavy (non-hydrogen) atoms. The number of hydrogen-bond acceptors (Lipinski definition) is 5. The molecule has 2 aromatic heterocycles. The molecule has 0 N–H and O–H groups in total. The van der Waals surface area contributed by atoms with Crippen LogP contribution in [-0.2, 0) is 0 Å². The summed E-state index contributed by atoms with van der Waals surface area (Å²) in [5, 5.41) is 1.59. The number of ketones is 1. The molecule has 0 bridgehead atoms. The minimum absolute atomic E-state index is 0.0765. The zero-order valence-electron chi connectivity index (χ0n) is 14.8. The van der Waals surface area contributed by atoms with Gasteiger partial charge < -0.3 is 0 Å². The Labute approximate surface area is 168 Å². The molecule has 0 fully saturated rings. The second-order valence-corrected chi connectivity index (χ2v) is 8.11. The molecule has 0 aliphatic carbocycles. The van der Waals surface area contributed by atoms with Gasteiger partial charge in [-0.3, -0.25) is 4.79 Å². The van der Waals surface area contributed by atoms with Crippen LogP contribution in [-0.4, -0.2) is 21.5 Å². The normalized spacial score (nSPS) is 11.1. The van der Waals surface area contributed by atoms with Crippen LogP contribution < -0.4 is 0 Å². The topological polar surface area (TPSA) is 42.9 Å². The number of fused-ring (bicyclic) bond motifs is 1. The molecule has 4 aromatic rings. The predicted octanol–water partition coefficient (Wildman–Crippen LogP) is 5.92. The zero-order chi connectivity index (χ0) is 19.7. The first kappa shape index (κ1) is 18.7. The monoisotopic (exact) mass is 412 g/mol. The van der Waals surface area contributed by atoms with Crippen LogP contribution in [0.4, 0.5) is 8.78 Å². The van der Waals surface area contributed by atoms with Crippen molar-refractivity contribution in [1.29, 1.82) is 0 Å². The molecular formula is C21H14F2N2OS2. The van der Waals surface area contributed by atoms with E-state index in [0.717, 1.165) is 32.8 Å². The summed E-state index contributed by atoms with van der Waals surface area (Å²) in [4.78, 5) is 23.3. The van der Waals surface area contributed by atoms with Crippen LogP contribution in [0.25, 0.3) is 20.7 Å². The van der Waals surface area contributed by atoms with Crippen molar-refractivity contribution in [1.82, 2.24) is 9.97 Å². The number of nitrogens with zero attached hydrogens (tertiary/aromatic N) is 2. The Hall–Kier alpha value is -2.64. The molecule has 0 unspecified atom stereocenters. The van der Waals surface area contributed by atoms with E-state index in [0.29, 0.717) is 10.9 Å². The number of Topliss-reactive ketones (excluding diaryl/α,β-unsaturated/α-hetero) is 1. The molecule has 0 amide bonds. The van der Waals surface area contributed by atoms with Gasteiger partial charge in [0.1, 0.15) is 15.7 Å². The van der Waals surface area contributed by atoms with E-state index < -0.39 is 11.6 Å². The molecule has 0 saturated carbocycles. The zero-order valence-corrected chi connectivity index (χ0v) is 16.4. The minimum atomic E-state index is -1.03. The lowest BCUT2D eigenvalue weighted by molar-refractivity contribution is 0.102. The number of carbonyl (C=O) groups is 1. The summed E-state index contributed by atoms with van der Waals surface area (Å²) in [6.45, 7) is 1.81. The van der Waals surface area contributed by atoms with Gasteiger partial charge in [-0.25, -0.2) is 18.7 Å². The van der Waals surface area contributed by atoms with Gasteiger partial charge in [-0.15, -0.1) is 11.3 Å². The van der Waals surface area contributed by atoms with E-state index in [4.69, 9.17) is 0 Å². The molecule has 2 aromatic carbocycles. The first-order chi connectivity index (χ1) is 13.5. The predicted molar refractivity (Wildman–Crippen MR) is 109 cm³/mol. The third kappa shape index (κ3) is 3.81. The Morgan fingerprint density at radius 1 is 1.04 bits per heavy atom. The van der Waals surface area contributed by atoms with Crippen molar-refractivity contribution in [2.75, 3.05) is 5.75 Å². The van der Waals surface area contributed by atoms with Gasteiger partial charge in [-0.1, -0.05) is 42.1 Å². The van der Waals surface area contributed by atoms with Gasteiger partial charge in [0.15, 0.2) is 17.4 Å². The van der Waals surface area contributed by atoms with Crippen molar-refractivity contribution in [3.63, 3.8) is 0 Å². The van der Waals surface area contributed by atoms with Gasteiger partial charge in [-0.2, -0.15) is 0 Å². The maximum absolute atomic E-state index is 13.4. The van der Waals surface area contributed by atoms with Gasteiger partial charge >= 0.3 is 0 Å². The molecule has 3 nitrogen and oxygen atoms in total. The SMILES string of the molecule is Cc1nc(SCC(=O)c2ccc(F)c(F)c2)c2cc(-c3ccccc3)sc2n1. The Morgan fingerprint density at radius 2 is 1.82 bits per heavy atom. The van der Waals surface area contributed by atoms with Crippen LogP contribution in [0.15, 0.2) is 59.6 Å². The molecule has 0 aliphatic heterocycles. The minimum Gasteiger partial charge on any atom is -0.293 e. The maximum atomic E-state index is 13.4. The van der Waals surface area contributed by atoms with E-state index in [1.807, 2.05) is 43.3 Å². The fourth-order valence-electron chi connectivity index (χ4n) is 2.74. The largest absolute Gasteiger partial charge is 0.293 e. The first-order valence-electron chi connectivity index (χ1n) is 8.46. The van der Waals surface area contributed by atoms with E-state index in [2.05, 4.69) is 9.97 Å². The number of thiophene rings is 1. The average Bonchev–Trinajstić information content (AvgIpc) is 3.12. The maximum Gasteiger partial charge on any atom is 0.173 e. The summed E-state index contributed by atoms with van der Waals surface area (Å²) >= 11 is 2.85. The summed E-state index contributed by atoms with van der Waals surface area (Å²) in [6.07, 6.45) is 0. The molecule has 0 radical (unpaired) electrons. The van der Waals surface area contributed by atoms with Crippen molar-refractivity contribution in [3.8, 4) is 10.4 Å². The average molecular weight is 412 g/mol. The van der Waals surface area contributed by atoms with Gasteiger partial charge in [-0.05, 0) is 36.8 Å². The molecule has 2 heterocycles. The molecule has 0 atom stereocenters. The highest BCUT2D eigenvalue weighted by Gasteiger charge is 2.15. The molecule has 0 saturated heterocycles. The van der Waals surface area contributed by atoms with Crippen LogP contribution in [0, 0.1) is 18.6 Å². The molecule has 140 valence electrons. The third-order valence-electron chi connectivity index (χ3n) is 4.11. The number of aryl methyl sites for hydroxylation is 1. The van der Waals surface area contributed by atoms with Gasteiger partial charge in [0.05, 0.1) is 5.75 Å². The van der Waals surface area contributed by atoms with E-state index in [9.17, 15) is 13.6 Å². The first-order valence-corrected chi connectivity index (χ1v) is 10.3. The molecular weight excluding hydrogens is 398 g/mol. The van der Waals surface area contributed by atoms with Crippen molar-refractivity contribution in [3.05, 3.63) is 77.6 Å². The number of hydrogen-bond donors (Lipinski definition) is 0. The molecule has 7 heteroatoms. The Kier molecular flexibility index (Phi) is 5.19. The summed E-state index contributed by atoms with van der Waals surface area (Å²) in [6, 6.07) is 15.2. The van der Waals surface area contributed by atoms with Crippen molar-refractivity contribution >= 4 is 39.1 Å². The highest BCUT2D eigenvalue weighted by Crippen LogP contribution is 2.36. The van der Waals surface area contributed by atoms with Crippen LogP contribution >= 0.6 is 23.1 Å². The lowest BCUT2D eigenvalue weighted by atomic mass is 10.1. The molecule has 0 spiro atoms. The lowest BCUT2D eigenvalue weighted by Gasteiger charge is -2.04. The summed E-state index contributed by atoms with van der Waals surface area (Å²) in [5.74, 6) is -1.58. The number of aromatic nitrogens is 2. The smallest absolute Gasteiger partial charge is 0.173 e. The summed E-state index contributed by atoms with van der Waals surface area (Å²) in [7, 11) is 0. The van der Waals surface area contributed by atoms with Crippen molar-refractivity contribution in [2.45, 2.75) is 11.9 Å². The summed E-state index contributed by atoms with van der Waals surface area (Å²) < 4.78 is 26.4. The molecule has 4 rings (SSSR count). The second-order valence-electron chi connectivity index (χ2n) is 6.11. The lowest BCUT2D eigenvalue weighted by Crippen LogP contribution is -2.04. The van der Waals surface area contributed by atoms with Crippen LogP contribution in [0.5, 0.6) is 0 Å². The fraction of sp³-hybridized carbons (Fsp3) is 0.0952. The van der Waals surface area contributed by atoms with Crippen LogP contribution in [0.1, 0.15) is 16.2 Å². The highest BCUT2D eigenvalue weighted by atomic mass is 32.2. The van der Waals surface area contributed by atoms with Crippen LogP contribution in [0.3, 0.4) is 0 Å². The van der Waals surface area contributed by atoms with Crippen molar-refractivity contribution < 1.29 is 13.6 Å². The highest BCUT2D eigenvalue weighted by molar-refractivity contribution is 8.00. The van der Waals surface area contributed by atoms with Gasteiger partial charge in [0.2, 0.25) is 0 Å². The Balaban J connectivity index is 1.62. The fourth-order valence-corrected chi connectivity index (χ4v) is 4.83. The Bertz CT molecular complexity index is 1180. The van der Waals surface area contributed by atoms with Gasteiger partial charge in [0, 0.05) is 15.8 Å². The van der Waals surface area contributed by atoms with Crippen molar-refractivity contribution in [2.24, 2.45) is 0 Å². The van der Waals surface area contributed by atoms with E-state index in [-0.39, 0.29) is 17.1 Å². The van der Waals surface area contributed by atoms with Crippen LogP contribution in [0.2, 0.25) is 0 Å². The number of rotatable bonds is 5. The standard InChI is InChI=1S/C21H14F2N2OS2/c1-12-24-20(27-11-18(26)14-7-8-16(22)17(23)9-14)15-10-19(28-21(15)25-12)13-5-3-2-4-6-13/h2-10H,11H2,1H3. The second kappa shape index (κ2) is 7.77. The number of benzene rings is 2. The molecule has 0 aliphatic rings. The quantitative estimate of drug-likeness (QED) is 0.232. The Morgan fingerprint density at radius 3 is 2.57 bits per heavy atom. The number of thioether (sulfide) groups is 1. The van der Waals surface area contributed by atoms with E-state index in [1.165, 1.54) is 17.8 Å². The third-order valence-corrected chi connectivity index (χ3v) is 6.18. The van der Waals surface area contributed by atoms with E-state index >= 15 is 0 Å². The van der Waals surface area contributed by atoms with Gasteiger partial charge in [0.25, 0.3) is 0 Å². The number of carbonyl (C=O) groups excluding carboxylic acids is 1. The van der Waals surface area contributed by atoms with E-state index in [1.54, 1.807) is 11.3 Å². The number of halogens is 2. The summed E-state index contributed by atoms with van der Waals surface area (Å²) in [5.41, 5.74) is 1.24.